The Kier molecular flexibility index (Phi) is 6.59. The molecule has 0 radical (unpaired) electrons. The zero-order chi connectivity index (χ0) is 24.4. The number of nitrogens with zero attached hydrogens (tertiary/aromatic N) is 5. The molecule has 9 heteroatoms. The summed E-state index contributed by atoms with van der Waals surface area (Å²) in [6, 6.07) is 12.8. The number of para-hydroxylation sites is 1. The van der Waals surface area contributed by atoms with Gasteiger partial charge in [0.05, 0.1) is 16.2 Å². The van der Waals surface area contributed by atoms with Crippen LogP contribution in [0.2, 0.25) is 0 Å². The highest BCUT2D eigenvalue weighted by atomic mass is 19.1. The van der Waals surface area contributed by atoms with Gasteiger partial charge in [-0.15, -0.1) is 0 Å². The van der Waals surface area contributed by atoms with Crippen LogP contribution in [0.4, 0.5) is 16.0 Å². The molecule has 1 fully saturated rings. The van der Waals surface area contributed by atoms with Crippen molar-refractivity contribution in [1.29, 1.82) is 0 Å². The van der Waals surface area contributed by atoms with Crippen molar-refractivity contribution in [1.82, 2.24) is 14.9 Å². The first-order valence-electron chi connectivity index (χ1n) is 12.0. The van der Waals surface area contributed by atoms with Gasteiger partial charge in [0.2, 0.25) is 11.8 Å². The number of nitro groups is 1. The number of ether oxygens (including phenoxy) is 1. The lowest BCUT2D eigenvalue weighted by atomic mass is 9.99. The minimum absolute atomic E-state index is 0.112. The van der Waals surface area contributed by atoms with Gasteiger partial charge >= 0.3 is 0 Å². The number of piperidine rings is 1. The highest BCUT2D eigenvalue weighted by Crippen LogP contribution is 2.33. The third-order valence-electron chi connectivity index (χ3n) is 6.75. The Labute approximate surface area is 203 Å². The van der Waals surface area contributed by atoms with Gasteiger partial charge in [0, 0.05) is 56.8 Å². The molecule has 3 aromatic rings. The molecule has 0 aliphatic carbocycles. The Morgan fingerprint density at radius 3 is 2.69 bits per heavy atom. The fraction of sp³-hybridized carbons (Fsp3) is 0.385. The fourth-order valence-corrected chi connectivity index (χ4v) is 4.70. The molecule has 1 saturated heterocycles. The van der Waals surface area contributed by atoms with E-state index >= 15 is 0 Å². The summed E-state index contributed by atoms with van der Waals surface area (Å²) < 4.78 is 20.0. The quantitative estimate of drug-likeness (QED) is 0.360. The molecule has 35 heavy (non-hydrogen) atoms. The van der Waals surface area contributed by atoms with Crippen molar-refractivity contribution in [3.63, 3.8) is 0 Å². The number of aromatic nitrogens is 2. The number of hydrogen-bond acceptors (Lipinski definition) is 7. The normalized spacial score (nSPS) is 16.7. The van der Waals surface area contributed by atoms with E-state index in [1.54, 1.807) is 24.3 Å². The number of nitro benzene ring substituents is 1. The maximum Gasteiger partial charge on any atom is 0.273 e. The molecule has 2 aromatic carbocycles. The molecule has 0 saturated carbocycles. The molecule has 0 bridgehead atoms. The Morgan fingerprint density at radius 1 is 1.11 bits per heavy atom. The average molecular weight is 478 g/mol. The van der Waals surface area contributed by atoms with Crippen molar-refractivity contribution in [2.45, 2.75) is 39.3 Å². The second-order valence-electron chi connectivity index (χ2n) is 9.33. The molecule has 0 amide bonds. The number of hydrogen-bond donors (Lipinski definition) is 0. The van der Waals surface area contributed by atoms with Crippen LogP contribution in [0.25, 0.3) is 0 Å². The van der Waals surface area contributed by atoms with E-state index in [4.69, 9.17) is 14.7 Å². The molecule has 0 unspecified atom stereocenters. The van der Waals surface area contributed by atoms with Crippen molar-refractivity contribution >= 4 is 11.6 Å². The maximum absolute atomic E-state index is 13.8. The number of benzene rings is 2. The van der Waals surface area contributed by atoms with Crippen LogP contribution in [-0.4, -0.2) is 39.4 Å². The summed E-state index contributed by atoms with van der Waals surface area (Å²) in [6.07, 6.45) is 2.85. The van der Waals surface area contributed by atoms with Gasteiger partial charge < -0.3 is 9.64 Å². The van der Waals surface area contributed by atoms with Crippen molar-refractivity contribution < 1.29 is 14.1 Å². The largest absolute Gasteiger partial charge is 0.438 e. The molecule has 0 spiro atoms. The van der Waals surface area contributed by atoms with Gasteiger partial charge in [-0.05, 0) is 30.9 Å². The van der Waals surface area contributed by atoms with Crippen molar-refractivity contribution in [3.8, 4) is 11.6 Å². The molecular weight excluding hydrogens is 449 g/mol. The summed E-state index contributed by atoms with van der Waals surface area (Å²) >= 11 is 0. The second-order valence-corrected chi connectivity index (χ2v) is 9.33. The minimum Gasteiger partial charge on any atom is -0.438 e. The first-order chi connectivity index (χ1) is 17.0. The van der Waals surface area contributed by atoms with Gasteiger partial charge in [-0.25, -0.2) is 9.37 Å². The predicted molar refractivity (Wildman–Crippen MR) is 130 cm³/mol. The van der Waals surface area contributed by atoms with Crippen LogP contribution in [0.15, 0.2) is 48.5 Å². The maximum atomic E-state index is 13.8. The fourth-order valence-electron chi connectivity index (χ4n) is 4.70. The Balaban J connectivity index is 1.45. The number of anilines is 1. The Bertz CT molecular complexity index is 1230. The molecular formula is C26H28FN5O3. The molecule has 0 N–H and O–H groups in total. The molecule has 3 heterocycles. The molecule has 0 atom stereocenters. The van der Waals surface area contributed by atoms with Gasteiger partial charge in [-0.2, -0.15) is 4.98 Å². The van der Waals surface area contributed by atoms with Gasteiger partial charge in [0.25, 0.3) is 5.69 Å². The highest BCUT2D eigenvalue weighted by molar-refractivity contribution is 5.44. The van der Waals surface area contributed by atoms with E-state index < -0.39 is 0 Å². The molecule has 8 nitrogen and oxygen atoms in total. The first-order valence-corrected chi connectivity index (χ1v) is 12.0. The molecule has 5 rings (SSSR count). The van der Waals surface area contributed by atoms with Crippen LogP contribution in [0.3, 0.4) is 0 Å². The lowest BCUT2D eigenvalue weighted by molar-refractivity contribution is -0.385. The highest BCUT2D eigenvalue weighted by Gasteiger charge is 2.28. The summed E-state index contributed by atoms with van der Waals surface area (Å²) in [5.74, 6) is 1.74. The van der Waals surface area contributed by atoms with Crippen LogP contribution < -0.4 is 9.64 Å². The van der Waals surface area contributed by atoms with Gasteiger partial charge in [0.15, 0.2) is 0 Å². The van der Waals surface area contributed by atoms with Crippen LogP contribution >= 0.6 is 0 Å². The zero-order valence-electron chi connectivity index (χ0n) is 19.7. The van der Waals surface area contributed by atoms with Crippen molar-refractivity contribution in [2.24, 2.45) is 5.92 Å². The van der Waals surface area contributed by atoms with E-state index in [9.17, 15) is 14.5 Å². The van der Waals surface area contributed by atoms with Gasteiger partial charge in [-0.3, -0.25) is 15.0 Å². The molecule has 2 aliphatic heterocycles. The lowest BCUT2D eigenvalue weighted by Crippen LogP contribution is -2.36. The van der Waals surface area contributed by atoms with Crippen LogP contribution in [0.5, 0.6) is 11.6 Å². The predicted octanol–water partition coefficient (Wildman–Crippen LogP) is 5.11. The van der Waals surface area contributed by atoms with E-state index in [0.717, 1.165) is 37.2 Å². The van der Waals surface area contributed by atoms with Gasteiger partial charge in [0.1, 0.15) is 11.6 Å². The van der Waals surface area contributed by atoms with Crippen LogP contribution in [-0.2, 0) is 19.5 Å². The molecule has 2 aliphatic rings. The number of fused-ring (bicyclic) bond motifs is 1. The minimum atomic E-state index is -0.381. The summed E-state index contributed by atoms with van der Waals surface area (Å²) in [5.41, 5.74) is 2.53. The molecule has 182 valence electrons. The Hall–Kier alpha value is -3.59. The summed E-state index contributed by atoms with van der Waals surface area (Å²) in [7, 11) is 0. The topological polar surface area (TPSA) is 84.6 Å². The third kappa shape index (κ3) is 5.24. The first kappa shape index (κ1) is 23.2. The lowest BCUT2D eigenvalue weighted by Gasteiger charge is -2.33. The average Bonchev–Trinajstić information content (AvgIpc) is 2.85. The van der Waals surface area contributed by atoms with Crippen LogP contribution in [0, 0.1) is 21.8 Å². The van der Waals surface area contributed by atoms with Crippen molar-refractivity contribution in [3.05, 3.63) is 81.3 Å². The summed E-state index contributed by atoms with van der Waals surface area (Å²) in [5, 5.41) is 11.5. The van der Waals surface area contributed by atoms with Crippen LogP contribution in [0.1, 0.15) is 36.6 Å². The van der Waals surface area contributed by atoms with Gasteiger partial charge in [-0.1, -0.05) is 31.2 Å². The Morgan fingerprint density at radius 2 is 1.91 bits per heavy atom. The van der Waals surface area contributed by atoms with E-state index in [-0.39, 0.29) is 16.4 Å². The van der Waals surface area contributed by atoms with Crippen molar-refractivity contribution in [2.75, 3.05) is 24.5 Å². The SMILES string of the molecule is CC1CCN(c2nc3c(c(Oc4cccc(F)c4)n2)CN(Cc2ccccc2[N+](=O)[O-])CC3)CC1. The molecule has 1 aromatic heterocycles. The number of rotatable bonds is 6. The third-order valence-corrected chi connectivity index (χ3v) is 6.75. The monoisotopic (exact) mass is 477 g/mol. The smallest absolute Gasteiger partial charge is 0.273 e. The van der Waals surface area contributed by atoms with E-state index in [1.807, 2.05) is 6.07 Å². The zero-order valence-corrected chi connectivity index (χ0v) is 19.7. The standard InChI is InChI=1S/C26H28FN5O3/c1-18-9-13-31(14-10-18)26-28-23-11-12-30(16-19-5-2-3-8-24(19)32(33)34)17-22(23)25(29-26)35-21-7-4-6-20(27)15-21/h2-8,15,18H,9-14,16-17H2,1H3. The summed E-state index contributed by atoms with van der Waals surface area (Å²) in [6.45, 7) is 5.68. The van der Waals surface area contributed by atoms with E-state index in [2.05, 4.69) is 16.7 Å². The van der Waals surface area contributed by atoms with E-state index in [0.29, 0.717) is 55.1 Å². The number of halogens is 1. The van der Waals surface area contributed by atoms with E-state index in [1.165, 1.54) is 18.2 Å². The summed E-state index contributed by atoms with van der Waals surface area (Å²) in [4.78, 5) is 25.1. The second kappa shape index (κ2) is 9.95.